The Kier molecular flexibility index (Phi) is 11.6. The number of alkyl halides is 3. The lowest BCUT2D eigenvalue weighted by Gasteiger charge is -2.30. The smallest absolute Gasteiger partial charge is 0.393 e. The van der Waals surface area contributed by atoms with E-state index in [0.29, 0.717) is 30.4 Å². The van der Waals surface area contributed by atoms with Gasteiger partial charge in [0, 0.05) is 23.5 Å². The number of anilines is 1. The molecule has 41 heavy (non-hydrogen) atoms. The third-order valence-corrected chi connectivity index (χ3v) is 7.11. The second kappa shape index (κ2) is 14.7. The molecule has 4 nitrogen and oxygen atoms in total. The maximum Gasteiger partial charge on any atom is 0.393 e. The molecule has 1 N–H and O–H groups in total. The molecule has 1 radical (unpaired) electrons. The topological polar surface area (TPSA) is 51.2 Å². The summed E-state index contributed by atoms with van der Waals surface area (Å²) in [7, 11) is 0. The Labute approximate surface area is 243 Å². The van der Waals surface area contributed by atoms with Crippen LogP contribution in [0.25, 0.3) is 5.57 Å². The van der Waals surface area contributed by atoms with E-state index in [1.807, 2.05) is 39.1 Å². The first-order valence-corrected chi connectivity index (χ1v) is 14.6. The molecule has 1 fully saturated rings. The number of ether oxygens (including phenoxy) is 1. The summed E-state index contributed by atoms with van der Waals surface area (Å²) in [5, 5.41) is 3.48. The molecule has 223 valence electrons. The van der Waals surface area contributed by atoms with Gasteiger partial charge in [0.2, 0.25) is 0 Å². The van der Waals surface area contributed by atoms with Gasteiger partial charge in [0.15, 0.2) is 0 Å². The highest BCUT2D eigenvalue weighted by Gasteiger charge is 2.27. The first kappa shape index (κ1) is 32.4. The van der Waals surface area contributed by atoms with Crippen molar-refractivity contribution in [3.8, 4) is 0 Å². The average Bonchev–Trinajstić information content (AvgIpc) is 2.89. The Morgan fingerprint density at radius 3 is 2.37 bits per heavy atom. The number of halogens is 3. The number of hydrogen-bond acceptors (Lipinski definition) is 4. The van der Waals surface area contributed by atoms with E-state index < -0.39 is 18.2 Å². The van der Waals surface area contributed by atoms with Crippen LogP contribution in [-0.2, 0) is 16.0 Å². The van der Waals surface area contributed by atoms with E-state index in [0.717, 1.165) is 61.0 Å². The number of nitrogens with one attached hydrogen (secondary N) is 1. The van der Waals surface area contributed by atoms with Crippen molar-refractivity contribution in [1.82, 2.24) is 4.98 Å². The predicted octanol–water partition coefficient (Wildman–Crippen LogP) is 9.27. The summed E-state index contributed by atoms with van der Waals surface area (Å²) in [4.78, 5) is 17.2. The van der Waals surface area contributed by atoms with E-state index in [4.69, 9.17) is 4.74 Å². The second-order valence-electron chi connectivity index (χ2n) is 12.0. The Hall–Kier alpha value is -3.09. The van der Waals surface area contributed by atoms with E-state index in [-0.39, 0.29) is 11.5 Å². The molecule has 0 spiro atoms. The Balaban J connectivity index is 1.49. The van der Waals surface area contributed by atoms with Gasteiger partial charge in [-0.2, -0.15) is 13.2 Å². The minimum Gasteiger partial charge on any atom is -0.457 e. The van der Waals surface area contributed by atoms with Crippen LogP contribution in [0.3, 0.4) is 0 Å². The summed E-state index contributed by atoms with van der Waals surface area (Å²) >= 11 is 0. The number of unbranched alkanes of at least 4 members (excludes halogenated alkanes) is 1. The first-order chi connectivity index (χ1) is 19.3. The van der Waals surface area contributed by atoms with Crippen molar-refractivity contribution in [3.05, 3.63) is 84.1 Å². The Bertz CT molecular complexity index is 1170. The van der Waals surface area contributed by atoms with Crippen LogP contribution in [0.4, 0.5) is 18.9 Å². The van der Waals surface area contributed by atoms with Gasteiger partial charge in [0.05, 0.1) is 12.1 Å². The molecule has 7 heteroatoms. The van der Waals surface area contributed by atoms with Crippen LogP contribution in [0.15, 0.2) is 60.8 Å². The van der Waals surface area contributed by atoms with Gasteiger partial charge in [-0.1, -0.05) is 38.1 Å². The Morgan fingerprint density at radius 2 is 1.76 bits per heavy atom. The van der Waals surface area contributed by atoms with Gasteiger partial charge in [-0.05, 0) is 119 Å². The number of carbonyl (C=O) groups excluding carboxylic acids is 1. The number of esters is 1. The summed E-state index contributed by atoms with van der Waals surface area (Å²) in [6, 6.07) is 10.9. The van der Waals surface area contributed by atoms with Crippen molar-refractivity contribution in [1.29, 1.82) is 0 Å². The molecule has 0 amide bonds. The van der Waals surface area contributed by atoms with Gasteiger partial charge >= 0.3 is 12.1 Å². The predicted molar refractivity (Wildman–Crippen MR) is 160 cm³/mol. The molecule has 1 aliphatic carbocycles. The Morgan fingerprint density at radius 1 is 1.07 bits per heavy atom. The largest absolute Gasteiger partial charge is 0.457 e. The SMILES string of the molecule is C=C(CC/C(=C\CCC)C(=O)OC(C)(C)C)c1cc([CH]C2CCC(Nc3ccc(CC(F)(F)F)cc3)CC2)ccn1. The van der Waals surface area contributed by atoms with Crippen LogP contribution < -0.4 is 5.32 Å². The molecular formula is C34H44F3N2O2. The molecule has 0 bridgehead atoms. The molecule has 0 aliphatic heterocycles. The van der Waals surface area contributed by atoms with Crippen molar-refractivity contribution < 1.29 is 22.7 Å². The van der Waals surface area contributed by atoms with Crippen molar-refractivity contribution >= 4 is 17.2 Å². The number of aromatic nitrogens is 1. The number of carbonyl (C=O) groups is 1. The van der Waals surface area contributed by atoms with Crippen LogP contribution in [-0.4, -0.2) is 28.8 Å². The van der Waals surface area contributed by atoms with E-state index in [2.05, 4.69) is 36.3 Å². The molecule has 1 aromatic carbocycles. The quantitative estimate of drug-likeness (QED) is 0.204. The molecule has 2 aromatic rings. The minimum atomic E-state index is -4.19. The fraction of sp³-hybridized carbons (Fsp3) is 0.500. The highest BCUT2D eigenvalue weighted by Crippen LogP contribution is 2.31. The van der Waals surface area contributed by atoms with Crippen LogP contribution in [0.5, 0.6) is 0 Å². The molecular weight excluding hydrogens is 525 g/mol. The van der Waals surface area contributed by atoms with Crippen molar-refractivity contribution in [2.75, 3.05) is 5.32 Å². The monoisotopic (exact) mass is 569 g/mol. The molecule has 1 heterocycles. The van der Waals surface area contributed by atoms with Crippen LogP contribution in [0.2, 0.25) is 0 Å². The normalized spacial score (nSPS) is 18.2. The number of benzene rings is 1. The van der Waals surface area contributed by atoms with Crippen LogP contribution in [0.1, 0.15) is 95.9 Å². The molecule has 0 unspecified atom stereocenters. The molecule has 1 saturated carbocycles. The maximum atomic E-state index is 12.7. The standard InChI is InChI=1S/C34H44F3N2O2/c1-6-7-8-28(32(40)41-33(3,4)5)14-9-24(2)31-22-27(19-20-38-31)21-25-10-15-29(16-11-25)39-30-17-12-26(13-18-30)23-34(35,36)37/h8,12-13,17-22,25,29,39H,2,6-7,9-11,14-16,23H2,1,3-5H3/b28-8+. The maximum absolute atomic E-state index is 12.7. The fourth-order valence-electron chi connectivity index (χ4n) is 5.00. The third-order valence-electron chi connectivity index (χ3n) is 7.11. The second-order valence-corrected chi connectivity index (χ2v) is 12.0. The minimum absolute atomic E-state index is 0.266. The lowest BCUT2D eigenvalue weighted by atomic mass is 9.82. The number of allylic oxidation sites excluding steroid dienone is 2. The third kappa shape index (κ3) is 11.7. The summed E-state index contributed by atoms with van der Waals surface area (Å²) in [6.45, 7) is 12.0. The first-order valence-electron chi connectivity index (χ1n) is 14.6. The highest BCUT2D eigenvalue weighted by molar-refractivity contribution is 5.89. The van der Waals surface area contributed by atoms with Gasteiger partial charge in [0.25, 0.3) is 0 Å². The van der Waals surface area contributed by atoms with Crippen LogP contribution >= 0.6 is 0 Å². The van der Waals surface area contributed by atoms with E-state index >= 15 is 0 Å². The summed E-state index contributed by atoms with van der Waals surface area (Å²) in [6.07, 6.45) is 8.02. The molecule has 1 aromatic heterocycles. The number of nitrogens with zero attached hydrogens (tertiary/aromatic N) is 1. The number of rotatable bonds is 12. The van der Waals surface area contributed by atoms with Gasteiger partial charge < -0.3 is 10.1 Å². The van der Waals surface area contributed by atoms with Gasteiger partial charge in [-0.3, -0.25) is 4.98 Å². The number of hydrogen-bond donors (Lipinski definition) is 1. The van der Waals surface area contributed by atoms with Gasteiger partial charge in [-0.15, -0.1) is 0 Å². The van der Waals surface area contributed by atoms with Gasteiger partial charge in [0.1, 0.15) is 5.60 Å². The number of pyridine rings is 1. The van der Waals surface area contributed by atoms with Crippen molar-refractivity contribution in [2.24, 2.45) is 5.92 Å². The lowest BCUT2D eigenvalue weighted by molar-refractivity contribution is -0.150. The summed E-state index contributed by atoms with van der Waals surface area (Å²) < 4.78 is 43.4. The zero-order valence-electron chi connectivity index (χ0n) is 24.8. The fourth-order valence-corrected chi connectivity index (χ4v) is 5.00. The summed E-state index contributed by atoms with van der Waals surface area (Å²) in [5.41, 5.74) is 4.13. The van der Waals surface area contributed by atoms with Crippen molar-refractivity contribution in [2.45, 2.75) is 103 Å². The molecule has 0 saturated heterocycles. The zero-order valence-corrected chi connectivity index (χ0v) is 24.8. The van der Waals surface area contributed by atoms with E-state index in [9.17, 15) is 18.0 Å². The zero-order chi connectivity index (χ0) is 30.0. The van der Waals surface area contributed by atoms with E-state index in [1.165, 1.54) is 0 Å². The van der Waals surface area contributed by atoms with Crippen LogP contribution in [0, 0.1) is 12.3 Å². The molecule has 1 aliphatic rings. The average molecular weight is 570 g/mol. The lowest BCUT2D eigenvalue weighted by Crippen LogP contribution is -2.26. The highest BCUT2D eigenvalue weighted by atomic mass is 19.4. The van der Waals surface area contributed by atoms with Crippen molar-refractivity contribution in [3.63, 3.8) is 0 Å². The van der Waals surface area contributed by atoms with Gasteiger partial charge in [-0.25, -0.2) is 4.79 Å². The molecule has 0 atom stereocenters. The molecule has 3 rings (SSSR count). The van der Waals surface area contributed by atoms with E-state index in [1.54, 1.807) is 24.3 Å². The summed E-state index contributed by atoms with van der Waals surface area (Å²) in [5.74, 6) is 0.179.